The van der Waals surface area contributed by atoms with Gasteiger partial charge in [-0.05, 0) is 55.0 Å². The molecular formula is C30H32Cl2F3N5O4. The molecule has 3 N–H and O–H groups in total. The SMILES string of the molecule is CN(C)C(=O)[C@@H]1CC[C@@H](NC(=O)[C@@H]2NC3(CC(CF)(CF)C3)[C@@]3(C(=O)Nc4cc(Cl)ccc43)[C@H]2c2ccnc(Cl)c2F)CO1. The second-order valence-corrected chi connectivity index (χ2v) is 13.4. The Kier molecular flexibility index (Phi) is 7.87. The number of fused-ring (bicyclic) bond motifs is 3. The van der Waals surface area contributed by atoms with E-state index < -0.39 is 76.6 Å². The van der Waals surface area contributed by atoms with Gasteiger partial charge >= 0.3 is 0 Å². The number of halogens is 5. The number of hydrogen-bond donors (Lipinski definition) is 3. The van der Waals surface area contributed by atoms with Crippen molar-refractivity contribution in [3.63, 3.8) is 0 Å². The van der Waals surface area contributed by atoms with Crippen LogP contribution in [-0.2, 0) is 24.5 Å². The van der Waals surface area contributed by atoms with Crippen LogP contribution in [0.5, 0.6) is 0 Å². The Morgan fingerprint density at radius 1 is 1.16 bits per heavy atom. The lowest BCUT2D eigenvalue weighted by atomic mass is 9.46. The van der Waals surface area contributed by atoms with Gasteiger partial charge in [0.05, 0.1) is 32.0 Å². The fourth-order valence-electron chi connectivity index (χ4n) is 7.91. The molecule has 2 saturated heterocycles. The quantitative estimate of drug-likeness (QED) is 0.410. The predicted molar refractivity (Wildman–Crippen MR) is 157 cm³/mol. The van der Waals surface area contributed by atoms with Crippen molar-refractivity contribution in [1.82, 2.24) is 20.5 Å². The van der Waals surface area contributed by atoms with Crippen LogP contribution in [0.3, 0.4) is 0 Å². The molecule has 5 atom stereocenters. The van der Waals surface area contributed by atoms with Gasteiger partial charge < -0.3 is 20.3 Å². The Morgan fingerprint density at radius 2 is 1.89 bits per heavy atom. The maximum absolute atomic E-state index is 15.9. The number of amides is 3. The van der Waals surface area contributed by atoms with Crippen molar-refractivity contribution >= 4 is 46.6 Å². The molecule has 2 aromatic rings. The van der Waals surface area contributed by atoms with Crippen molar-refractivity contribution in [3.8, 4) is 0 Å². The number of anilines is 1. The lowest BCUT2D eigenvalue weighted by molar-refractivity contribution is -0.145. The highest BCUT2D eigenvalue weighted by Gasteiger charge is 2.78. The van der Waals surface area contributed by atoms with Gasteiger partial charge in [0.15, 0.2) is 11.0 Å². The maximum atomic E-state index is 15.9. The Bertz CT molecular complexity index is 1510. The normalized spacial score (nSPS) is 29.7. The van der Waals surface area contributed by atoms with E-state index >= 15 is 4.39 Å². The molecule has 1 saturated carbocycles. The van der Waals surface area contributed by atoms with Crippen LogP contribution in [0, 0.1) is 11.2 Å². The summed E-state index contributed by atoms with van der Waals surface area (Å²) < 4.78 is 50.3. The number of nitrogens with one attached hydrogen (secondary N) is 3. The van der Waals surface area contributed by atoms with E-state index in [2.05, 4.69) is 20.9 Å². The van der Waals surface area contributed by atoms with Crippen LogP contribution in [0.25, 0.3) is 0 Å². The maximum Gasteiger partial charge on any atom is 0.251 e. The van der Waals surface area contributed by atoms with E-state index in [0.29, 0.717) is 29.1 Å². The standard InChI is InChI=1S/C30H32Cl2F3N5O4/c1-40(2)26(42)20-6-4-16(10-44-20)37-25(41)23-21(17-7-8-36-24(32)22(17)35)30(29(39-23)11-28(12-29,13-33)14-34)18-5-3-15(31)9-19(18)38-27(30)43/h3,5,7-9,16,20-21,23,39H,4,6,10-14H2,1-2H3,(H,37,41)(H,38,43)/t16-,20+,21+,23-,30-/m1/s1. The van der Waals surface area contributed by atoms with E-state index in [-0.39, 0.29) is 30.9 Å². The van der Waals surface area contributed by atoms with E-state index in [9.17, 15) is 23.2 Å². The molecule has 44 heavy (non-hydrogen) atoms. The lowest BCUT2D eigenvalue weighted by Crippen LogP contribution is -2.70. The molecular weight excluding hydrogens is 622 g/mol. The number of rotatable bonds is 6. The van der Waals surface area contributed by atoms with Crippen LogP contribution in [0.4, 0.5) is 18.9 Å². The molecule has 3 fully saturated rings. The summed E-state index contributed by atoms with van der Waals surface area (Å²) in [6.07, 6.45) is 1.22. The number of carbonyl (C=O) groups excluding carboxylic acids is 3. The number of carbonyl (C=O) groups is 3. The average Bonchev–Trinajstić information content (AvgIpc) is 3.45. The van der Waals surface area contributed by atoms with Crippen LogP contribution >= 0.6 is 23.2 Å². The first-order valence-corrected chi connectivity index (χ1v) is 15.1. The van der Waals surface area contributed by atoms with Gasteiger partial charge in [0.2, 0.25) is 11.8 Å². The summed E-state index contributed by atoms with van der Waals surface area (Å²) in [6, 6.07) is 4.43. The van der Waals surface area contributed by atoms with Gasteiger partial charge in [-0.15, -0.1) is 0 Å². The predicted octanol–water partition coefficient (Wildman–Crippen LogP) is 3.68. The topological polar surface area (TPSA) is 113 Å². The van der Waals surface area contributed by atoms with Gasteiger partial charge in [0.25, 0.3) is 5.91 Å². The number of pyridine rings is 1. The fraction of sp³-hybridized carbons (Fsp3) is 0.533. The first kappa shape index (κ1) is 31.1. The molecule has 0 bridgehead atoms. The zero-order valence-electron chi connectivity index (χ0n) is 24.1. The third-order valence-electron chi connectivity index (χ3n) is 9.75. The first-order valence-electron chi connectivity index (χ1n) is 14.4. The zero-order valence-corrected chi connectivity index (χ0v) is 25.6. The highest BCUT2D eigenvalue weighted by atomic mass is 35.5. The number of alkyl halides is 2. The minimum absolute atomic E-state index is 0.0398. The highest BCUT2D eigenvalue weighted by molar-refractivity contribution is 6.31. The average molecular weight is 655 g/mol. The Labute approximate surface area is 262 Å². The van der Waals surface area contributed by atoms with Crippen molar-refractivity contribution in [3.05, 3.63) is 57.6 Å². The molecule has 4 aliphatic rings. The van der Waals surface area contributed by atoms with Gasteiger partial charge in [0.1, 0.15) is 11.5 Å². The van der Waals surface area contributed by atoms with Crippen molar-refractivity contribution < 1.29 is 32.3 Å². The number of hydrogen-bond acceptors (Lipinski definition) is 6. The van der Waals surface area contributed by atoms with Gasteiger partial charge in [-0.1, -0.05) is 29.3 Å². The third-order valence-corrected chi connectivity index (χ3v) is 10.3. The van der Waals surface area contributed by atoms with Crippen molar-refractivity contribution in [2.75, 3.05) is 39.4 Å². The van der Waals surface area contributed by atoms with Crippen molar-refractivity contribution in [2.24, 2.45) is 5.41 Å². The number of benzene rings is 1. The molecule has 6 rings (SSSR count). The van der Waals surface area contributed by atoms with Crippen molar-refractivity contribution in [2.45, 2.75) is 60.7 Å². The minimum Gasteiger partial charge on any atom is -0.366 e. The molecule has 9 nitrogen and oxygen atoms in total. The Hall–Kier alpha value is -2.93. The largest absolute Gasteiger partial charge is 0.366 e. The molecule has 14 heteroatoms. The van der Waals surface area contributed by atoms with Crippen LogP contribution in [0.15, 0.2) is 30.5 Å². The molecule has 1 aromatic heterocycles. The summed E-state index contributed by atoms with van der Waals surface area (Å²) in [5.74, 6) is -3.39. The summed E-state index contributed by atoms with van der Waals surface area (Å²) in [7, 11) is 3.27. The molecule has 0 radical (unpaired) electrons. The van der Waals surface area contributed by atoms with Crippen LogP contribution in [0.1, 0.15) is 42.7 Å². The van der Waals surface area contributed by atoms with Crippen LogP contribution in [-0.4, -0.2) is 85.4 Å². The lowest BCUT2D eigenvalue weighted by Gasteiger charge is -2.59. The monoisotopic (exact) mass is 653 g/mol. The molecule has 2 spiro atoms. The van der Waals surface area contributed by atoms with Crippen LogP contribution in [0.2, 0.25) is 10.2 Å². The second kappa shape index (κ2) is 11.1. The molecule has 3 aliphatic heterocycles. The first-order chi connectivity index (χ1) is 20.9. The Morgan fingerprint density at radius 3 is 2.52 bits per heavy atom. The molecule has 0 unspecified atom stereocenters. The Balaban J connectivity index is 1.44. The van der Waals surface area contributed by atoms with Crippen molar-refractivity contribution in [1.29, 1.82) is 0 Å². The molecule has 1 aromatic carbocycles. The van der Waals surface area contributed by atoms with Gasteiger partial charge in [-0.25, -0.2) is 9.37 Å². The molecule has 1 aliphatic carbocycles. The summed E-state index contributed by atoms with van der Waals surface area (Å²) in [5, 5.41) is 8.99. The number of likely N-dealkylation sites (N-methyl/N-ethyl adjacent to an activating group) is 1. The summed E-state index contributed by atoms with van der Waals surface area (Å²) in [5.41, 5.74) is -3.60. The van der Waals surface area contributed by atoms with Gasteiger partial charge in [-0.3, -0.25) is 28.5 Å². The van der Waals surface area contributed by atoms with E-state index in [1.807, 2.05) is 0 Å². The van der Waals surface area contributed by atoms with E-state index in [4.69, 9.17) is 27.9 Å². The third kappa shape index (κ3) is 4.51. The number of aromatic nitrogens is 1. The second-order valence-electron chi connectivity index (χ2n) is 12.6. The molecule has 4 heterocycles. The number of ether oxygens (including phenoxy) is 1. The van der Waals surface area contributed by atoms with E-state index in [1.165, 1.54) is 17.2 Å². The zero-order chi connectivity index (χ0) is 31.6. The molecule has 3 amide bonds. The van der Waals surface area contributed by atoms with E-state index in [0.717, 1.165) is 0 Å². The fourth-order valence-corrected chi connectivity index (χ4v) is 8.25. The summed E-state index contributed by atoms with van der Waals surface area (Å²) in [6.45, 7) is -1.88. The summed E-state index contributed by atoms with van der Waals surface area (Å²) in [4.78, 5) is 46.1. The number of nitrogens with zero attached hydrogens (tertiary/aromatic N) is 2. The van der Waals surface area contributed by atoms with E-state index in [1.54, 1.807) is 32.3 Å². The van der Waals surface area contributed by atoms with Crippen LogP contribution < -0.4 is 16.0 Å². The summed E-state index contributed by atoms with van der Waals surface area (Å²) >= 11 is 12.4. The smallest absolute Gasteiger partial charge is 0.251 e. The minimum atomic E-state index is -1.67. The van der Waals surface area contributed by atoms with Gasteiger partial charge in [0, 0.05) is 47.9 Å². The van der Waals surface area contributed by atoms with Gasteiger partial charge in [-0.2, -0.15) is 0 Å². The highest BCUT2D eigenvalue weighted by Crippen LogP contribution is 2.68. The molecule has 236 valence electrons.